The van der Waals surface area contributed by atoms with Crippen LogP contribution in [0.3, 0.4) is 0 Å². The van der Waals surface area contributed by atoms with Gasteiger partial charge in [-0.25, -0.2) is 13.8 Å². The first-order valence-electron chi connectivity index (χ1n) is 7.77. The maximum atomic E-state index is 14.6. The Kier molecular flexibility index (Phi) is 6.47. The van der Waals surface area contributed by atoms with Gasteiger partial charge >= 0.3 is 5.69 Å². The number of halogens is 3. The van der Waals surface area contributed by atoms with E-state index in [4.69, 9.17) is 21.7 Å². The second-order valence-electron chi connectivity index (χ2n) is 5.49. The third kappa shape index (κ3) is 4.34. The van der Waals surface area contributed by atoms with Crippen molar-refractivity contribution < 1.29 is 18.4 Å². The van der Waals surface area contributed by atoms with Crippen LogP contribution in [0.5, 0.6) is 5.75 Å². The molecule has 8 nitrogen and oxygen atoms in total. The minimum Gasteiger partial charge on any atom is -0.497 e. The first kappa shape index (κ1) is 21.0. The van der Waals surface area contributed by atoms with E-state index in [1.54, 1.807) is 0 Å². The number of ether oxygens (including phenoxy) is 1. The molecule has 2 rings (SSSR count). The highest BCUT2D eigenvalue weighted by Gasteiger charge is 2.24. The summed E-state index contributed by atoms with van der Waals surface area (Å²) < 4.78 is 33.9. The molecule has 0 fully saturated rings. The van der Waals surface area contributed by atoms with E-state index in [1.807, 2.05) is 0 Å². The molecular weight excluding hydrogens is 396 g/mol. The van der Waals surface area contributed by atoms with E-state index in [0.29, 0.717) is 0 Å². The SMILES string of the molecule is CN/C(Nc1ncc(Cl)cc1[N+](=O)[O-])=C(\C(C)=N)c1c(F)cc(OC)cc1F. The highest BCUT2D eigenvalue weighted by atomic mass is 35.5. The standard InChI is InChI=1S/C17H16ClF2N5O3/c1-8(21)14(15-11(19)5-10(28-3)6-12(15)20)17(22-2)24-16-13(25(26)27)4-9(18)7-23-16/h4-7,21-22H,1-3H3,(H,23,24)/b17-14-,21-8?. The Morgan fingerprint density at radius 1 is 1.32 bits per heavy atom. The number of benzene rings is 1. The lowest BCUT2D eigenvalue weighted by atomic mass is 10.00. The lowest BCUT2D eigenvalue weighted by Crippen LogP contribution is -2.21. The maximum Gasteiger partial charge on any atom is 0.313 e. The average Bonchev–Trinajstić information content (AvgIpc) is 2.63. The van der Waals surface area contributed by atoms with Crippen LogP contribution in [0.2, 0.25) is 5.02 Å². The van der Waals surface area contributed by atoms with Gasteiger partial charge in [-0.3, -0.25) is 10.1 Å². The van der Waals surface area contributed by atoms with Crippen LogP contribution in [0.15, 0.2) is 30.2 Å². The molecular formula is C17H16ClF2N5O3. The van der Waals surface area contributed by atoms with Crippen LogP contribution >= 0.6 is 11.6 Å². The number of hydrogen-bond acceptors (Lipinski definition) is 7. The zero-order valence-corrected chi connectivity index (χ0v) is 15.8. The van der Waals surface area contributed by atoms with Crippen molar-refractivity contribution in [2.45, 2.75) is 6.92 Å². The van der Waals surface area contributed by atoms with Gasteiger partial charge < -0.3 is 20.8 Å². The summed E-state index contributed by atoms with van der Waals surface area (Å²) in [6.45, 7) is 1.32. The van der Waals surface area contributed by atoms with Gasteiger partial charge in [0.25, 0.3) is 0 Å². The van der Waals surface area contributed by atoms with Gasteiger partial charge in [-0.05, 0) is 6.92 Å². The van der Waals surface area contributed by atoms with Crippen LogP contribution in [0.25, 0.3) is 5.57 Å². The van der Waals surface area contributed by atoms with Crippen LogP contribution in [0, 0.1) is 27.2 Å². The smallest absolute Gasteiger partial charge is 0.313 e. The number of nitrogens with zero attached hydrogens (tertiary/aromatic N) is 2. The molecule has 148 valence electrons. The molecule has 0 aliphatic carbocycles. The largest absolute Gasteiger partial charge is 0.497 e. The van der Waals surface area contributed by atoms with Crippen LogP contribution in [-0.2, 0) is 0 Å². The van der Waals surface area contributed by atoms with Gasteiger partial charge in [-0.15, -0.1) is 0 Å². The van der Waals surface area contributed by atoms with Crippen molar-refractivity contribution in [3.8, 4) is 5.75 Å². The predicted molar refractivity (Wildman–Crippen MR) is 102 cm³/mol. The first-order valence-corrected chi connectivity index (χ1v) is 8.15. The van der Waals surface area contributed by atoms with Crippen molar-refractivity contribution in [3.63, 3.8) is 0 Å². The summed E-state index contributed by atoms with van der Waals surface area (Å²) in [6, 6.07) is 3.02. The molecule has 2 aromatic rings. The average molecular weight is 412 g/mol. The molecule has 0 radical (unpaired) electrons. The highest BCUT2D eigenvalue weighted by Crippen LogP contribution is 2.31. The Bertz CT molecular complexity index is 958. The van der Waals surface area contributed by atoms with Gasteiger partial charge in [0.15, 0.2) is 0 Å². The quantitative estimate of drug-likeness (QED) is 0.361. The first-order chi connectivity index (χ1) is 13.2. The number of nitrogens with one attached hydrogen (secondary N) is 3. The minimum atomic E-state index is -0.966. The Balaban J connectivity index is 2.69. The van der Waals surface area contributed by atoms with Crippen LogP contribution in [-0.4, -0.2) is 29.8 Å². The number of methoxy groups -OCH3 is 1. The summed E-state index contributed by atoms with van der Waals surface area (Å²) in [4.78, 5) is 14.4. The molecule has 0 spiro atoms. The Morgan fingerprint density at radius 3 is 2.39 bits per heavy atom. The Labute approximate surface area is 163 Å². The topological polar surface area (TPSA) is 113 Å². The monoisotopic (exact) mass is 411 g/mol. The summed E-state index contributed by atoms with van der Waals surface area (Å²) in [6.07, 6.45) is 1.18. The molecule has 0 aliphatic heterocycles. The molecule has 0 saturated carbocycles. The van der Waals surface area contributed by atoms with E-state index < -0.39 is 27.8 Å². The summed E-state index contributed by atoms with van der Waals surface area (Å²) in [7, 11) is 2.69. The van der Waals surface area contributed by atoms with E-state index in [-0.39, 0.29) is 33.7 Å². The fourth-order valence-corrected chi connectivity index (χ4v) is 2.59. The highest BCUT2D eigenvalue weighted by molar-refractivity contribution is 6.30. The number of hydrogen-bond donors (Lipinski definition) is 3. The van der Waals surface area contributed by atoms with Gasteiger partial charge in [0.05, 0.1) is 22.6 Å². The molecule has 0 bridgehead atoms. The summed E-state index contributed by atoms with van der Waals surface area (Å²) in [5.74, 6) is -2.24. The van der Waals surface area contributed by atoms with E-state index in [0.717, 1.165) is 18.2 Å². The van der Waals surface area contributed by atoms with Crippen molar-refractivity contribution in [1.29, 1.82) is 5.41 Å². The van der Waals surface area contributed by atoms with Gasteiger partial charge in [0, 0.05) is 42.7 Å². The number of allylic oxidation sites excluding steroid dienone is 1. The molecule has 0 unspecified atom stereocenters. The summed E-state index contributed by atoms with van der Waals surface area (Å²) in [5.41, 5.74) is -1.32. The van der Waals surface area contributed by atoms with Crippen molar-refractivity contribution in [2.24, 2.45) is 0 Å². The normalized spacial score (nSPS) is 11.5. The number of aromatic nitrogens is 1. The van der Waals surface area contributed by atoms with Gasteiger partial charge in [0.2, 0.25) is 5.82 Å². The maximum absolute atomic E-state index is 14.6. The molecule has 1 heterocycles. The Hall–Kier alpha value is -3.27. The minimum absolute atomic E-state index is 0.0327. The van der Waals surface area contributed by atoms with Crippen molar-refractivity contribution >= 4 is 34.4 Å². The Morgan fingerprint density at radius 2 is 1.93 bits per heavy atom. The molecule has 1 aromatic heterocycles. The predicted octanol–water partition coefficient (Wildman–Crippen LogP) is 3.97. The van der Waals surface area contributed by atoms with Gasteiger partial charge in [-0.1, -0.05) is 11.6 Å². The number of pyridine rings is 1. The fraction of sp³-hybridized carbons (Fsp3) is 0.176. The van der Waals surface area contributed by atoms with E-state index in [2.05, 4.69) is 15.6 Å². The number of nitro groups is 1. The summed E-state index contributed by atoms with van der Waals surface area (Å²) >= 11 is 5.74. The molecule has 0 aliphatic rings. The molecule has 28 heavy (non-hydrogen) atoms. The van der Waals surface area contributed by atoms with E-state index in [9.17, 15) is 18.9 Å². The van der Waals surface area contributed by atoms with Gasteiger partial charge in [0.1, 0.15) is 23.2 Å². The van der Waals surface area contributed by atoms with Crippen molar-refractivity contribution in [2.75, 3.05) is 19.5 Å². The van der Waals surface area contributed by atoms with E-state index >= 15 is 0 Å². The molecule has 11 heteroatoms. The third-order valence-electron chi connectivity index (χ3n) is 3.65. The van der Waals surface area contributed by atoms with Gasteiger partial charge in [-0.2, -0.15) is 0 Å². The van der Waals surface area contributed by atoms with Crippen molar-refractivity contribution in [3.05, 3.63) is 62.6 Å². The number of rotatable bonds is 7. The van der Waals surface area contributed by atoms with Crippen LogP contribution in [0.1, 0.15) is 12.5 Å². The second-order valence-corrected chi connectivity index (χ2v) is 5.93. The molecule has 0 amide bonds. The molecule has 1 aromatic carbocycles. The number of anilines is 1. The lowest BCUT2D eigenvalue weighted by molar-refractivity contribution is -0.384. The zero-order chi connectivity index (χ0) is 21.0. The van der Waals surface area contributed by atoms with Crippen molar-refractivity contribution in [1.82, 2.24) is 10.3 Å². The van der Waals surface area contributed by atoms with Crippen LogP contribution in [0.4, 0.5) is 20.3 Å². The van der Waals surface area contributed by atoms with Crippen LogP contribution < -0.4 is 15.4 Å². The summed E-state index contributed by atoms with van der Waals surface area (Å²) in [5, 5.41) is 24.6. The zero-order valence-electron chi connectivity index (χ0n) is 15.1. The molecule has 3 N–H and O–H groups in total. The molecule has 0 atom stereocenters. The molecule has 0 saturated heterocycles. The third-order valence-corrected chi connectivity index (χ3v) is 3.86. The van der Waals surface area contributed by atoms with E-state index in [1.165, 1.54) is 27.3 Å². The fourth-order valence-electron chi connectivity index (χ4n) is 2.44. The lowest BCUT2D eigenvalue weighted by Gasteiger charge is -2.18. The second kappa shape index (κ2) is 8.61.